The van der Waals surface area contributed by atoms with Crippen molar-refractivity contribution in [2.24, 2.45) is 0 Å². The van der Waals surface area contributed by atoms with Gasteiger partial charge >= 0.3 is 5.97 Å². The molecule has 19 heavy (non-hydrogen) atoms. The number of carbonyl (C=O) groups is 2. The number of anilines is 1. The topological polar surface area (TPSA) is 79.3 Å². The Morgan fingerprint density at radius 3 is 2.74 bits per heavy atom. The smallest absolute Gasteiger partial charge is 0.337 e. The number of amides is 1. The van der Waals surface area contributed by atoms with Gasteiger partial charge in [0.15, 0.2) is 0 Å². The second-order valence-electron chi connectivity index (χ2n) is 3.67. The molecule has 0 fully saturated rings. The third-order valence-electron chi connectivity index (χ3n) is 2.33. The Hall–Kier alpha value is -1.73. The molecule has 0 saturated carbocycles. The number of hydrogen-bond acceptors (Lipinski definition) is 4. The molecule has 98 valence electrons. The number of aromatic carboxylic acids is 1. The second kappa shape index (κ2) is 5.50. The summed E-state index contributed by atoms with van der Waals surface area (Å²) in [5, 5.41) is 12.5. The molecule has 0 aliphatic carbocycles. The molecule has 1 heterocycles. The minimum atomic E-state index is -1.10. The highest BCUT2D eigenvalue weighted by atomic mass is 79.9. The fourth-order valence-corrected chi connectivity index (χ4v) is 2.61. The van der Waals surface area contributed by atoms with Gasteiger partial charge in [-0.3, -0.25) is 4.79 Å². The largest absolute Gasteiger partial charge is 0.478 e. The first-order valence-electron chi connectivity index (χ1n) is 5.24. The van der Waals surface area contributed by atoms with Crippen LogP contribution < -0.4 is 5.32 Å². The normalized spacial score (nSPS) is 10.2. The first kappa shape index (κ1) is 13.7. The van der Waals surface area contributed by atoms with Crippen molar-refractivity contribution in [3.05, 3.63) is 44.3 Å². The van der Waals surface area contributed by atoms with Gasteiger partial charge in [-0.2, -0.15) is 0 Å². The van der Waals surface area contributed by atoms with E-state index in [4.69, 9.17) is 5.11 Å². The Bertz CT molecular complexity index is 654. The van der Waals surface area contributed by atoms with Crippen molar-refractivity contribution in [1.29, 1.82) is 0 Å². The Balaban J connectivity index is 2.33. The van der Waals surface area contributed by atoms with E-state index in [9.17, 15) is 9.59 Å². The van der Waals surface area contributed by atoms with Crippen LogP contribution in [0.2, 0.25) is 0 Å². The third-order valence-corrected chi connectivity index (χ3v) is 3.90. The van der Waals surface area contributed by atoms with Crippen LogP contribution in [0, 0.1) is 6.92 Å². The number of nitrogens with zero attached hydrogens (tertiary/aromatic N) is 1. The summed E-state index contributed by atoms with van der Waals surface area (Å²) in [6.07, 6.45) is 1.46. The predicted octanol–water partition coefficient (Wildman–Crippen LogP) is 3.16. The average molecular weight is 341 g/mol. The first-order chi connectivity index (χ1) is 8.99. The number of rotatable bonds is 3. The zero-order valence-corrected chi connectivity index (χ0v) is 12.2. The number of aryl methyl sites for hydroxylation is 1. The van der Waals surface area contributed by atoms with Gasteiger partial charge in [0.1, 0.15) is 4.88 Å². The fourth-order valence-electron chi connectivity index (χ4n) is 1.47. The van der Waals surface area contributed by atoms with Gasteiger partial charge in [0.2, 0.25) is 0 Å². The summed E-state index contributed by atoms with van der Waals surface area (Å²) >= 11 is 4.48. The molecule has 1 amide bonds. The lowest BCUT2D eigenvalue weighted by atomic mass is 10.2. The number of thiazole rings is 1. The van der Waals surface area contributed by atoms with Gasteiger partial charge in [-0.15, -0.1) is 11.3 Å². The van der Waals surface area contributed by atoms with Crippen molar-refractivity contribution in [3.8, 4) is 0 Å². The number of para-hydroxylation sites is 1. The molecule has 0 bridgehead atoms. The number of benzene rings is 1. The summed E-state index contributed by atoms with van der Waals surface area (Å²) in [7, 11) is 0. The number of hydrogen-bond donors (Lipinski definition) is 2. The molecule has 0 aliphatic rings. The number of carbonyl (C=O) groups excluding carboxylic acids is 1. The minimum absolute atomic E-state index is 0.0314. The highest BCUT2D eigenvalue weighted by Gasteiger charge is 2.17. The van der Waals surface area contributed by atoms with E-state index < -0.39 is 5.97 Å². The molecule has 1 aromatic carbocycles. The zero-order valence-electron chi connectivity index (χ0n) is 9.81. The molecule has 2 rings (SSSR count). The number of nitrogens with one attached hydrogen (secondary N) is 1. The molecule has 5 nitrogen and oxygen atoms in total. The molecule has 0 unspecified atom stereocenters. The summed E-state index contributed by atoms with van der Waals surface area (Å²) < 4.78 is 0.516. The maximum atomic E-state index is 12.0. The lowest BCUT2D eigenvalue weighted by molar-refractivity contribution is 0.0698. The number of carboxylic acid groups (broad SMARTS) is 1. The van der Waals surface area contributed by atoms with Crippen LogP contribution in [0.4, 0.5) is 5.69 Å². The van der Waals surface area contributed by atoms with Crippen molar-refractivity contribution in [3.63, 3.8) is 0 Å². The van der Waals surface area contributed by atoms with Crippen molar-refractivity contribution < 1.29 is 14.7 Å². The highest BCUT2D eigenvalue weighted by molar-refractivity contribution is 9.10. The molecule has 1 aromatic heterocycles. The molecule has 2 aromatic rings. The Kier molecular flexibility index (Phi) is 3.96. The van der Waals surface area contributed by atoms with E-state index >= 15 is 0 Å². The molecular formula is C12H9BrN2O3S. The van der Waals surface area contributed by atoms with E-state index in [-0.39, 0.29) is 17.2 Å². The molecule has 2 N–H and O–H groups in total. The predicted molar refractivity (Wildman–Crippen MR) is 75.9 cm³/mol. The van der Waals surface area contributed by atoms with Gasteiger partial charge in [-0.05, 0) is 35.0 Å². The Labute approximate surface area is 121 Å². The van der Waals surface area contributed by atoms with Crippen LogP contribution in [-0.2, 0) is 0 Å². The molecule has 0 atom stereocenters. The van der Waals surface area contributed by atoms with Crippen LogP contribution in [0.1, 0.15) is 25.0 Å². The molecule has 0 saturated heterocycles. The van der Waals surface area contributed by atoms with Crippen LogP contribution in [0.15, 0.2) is 28.9 Å². The van der Waals surface area contributed by atoms with Crippen LogP contribution in [0.3, 0.4) is 0 Å². The summed E-state index contributed by atoms with van der Waals surface area (Å²) in [5.41, 5.74) is 0.273. The second-order valence-corrected chi connectivity index (χ2v) is 5.75. The van der Waals surface area contributed by atoms with E-state index in [2.05, 4.69) is 26.2 Å². The Morgan fingerprint density at radius 1 is 1.42 bits per heavy atom. The van der Waals surface area contributed by atoms with Gasteiger partial charge in [0, 0.05) is 4.47 Å². The van der Waals surface area contributed by atoms with Crippen molar-refractivity contribution >= 4 is 44.8 Å². The zero-order chi connectivity index (χ0) is 14.0. The number of carboxylic acids is 1. The quantitative estimate of drug-likeness (QED) is 0.899. The van der Waals surface area contributed by atoms with E-state index in [0.29, 0.717) is 9.35 Å². The lowest BCUT2D eigenvalue weighted by Crippen LogP contribution is -2.14. The van der Waals surface area contributed by atoms with Crippen LogP contribution in [0.5, 0.6) is 0 Å². The van der Waals surface area contributed by atoms with E-state index in [1.165, 1.54) is 23.6 Å². The van der Waals surface area contributed by atoms with Crippen molar-refractivity contribution in [2.45, 2.75) is 6.92 Å². The van der Waals surface area contributed by atoms with Gasteiger partial charge in [-0.25, -0.2) is 9.78 Å². The number of halogens is 1. The number of aromatic nitrogens is 1. The summed E-state index contributed by atoms with van der Waals surface area (Å²) in [6.45, 7) is 1.79. The molecular weight excluding hydrogens is 332 g/mol. The van der Waals surface area contributed by atoms with Gasteiger partial charge in [0.25, 0.3) is 5.91 Å². The van der Waals surface area contributed by atoms with Crippen LogP contribution in [0.25, 0.3) is 0 Å². The molecule has 0 aliphatic heterocycles. The maximum absolute atomic E-state index is 12.0. The molecule has 0 radical (unpaired) electrons. The summed E-state index contributed by atoms with van der Waals surface area (Å²) in [4.78, 5) is 27.5. The molecule has 7 heteroatoms. The standard InChI is InChI=1S/C12H9BrN2O3S/c1-6-14-5-9(19-6)11(16)15-10-7(12(17)18)3-2-4-8(10)13/h2-5H,1H3,(H,15,16)(H,17,18). The van der Waals surface area contributed by atoms with E-state index in [1.54, 1.807) is 19.1 Å². The van der Waals surface area contributed by atoms with Gasteiger partial charge < -0.3 is 10.4 Å². The van der Waals surface area contributed by atoms with Crippen LogP contribution in [-0.4, -0.2) is 22.0 Å². The minimum Gasteiger partial charge on any atom is -0.478 e. The summed E-state index contributed by atoms with van der Waals surface area (Å²) in [6, 6.07) is 4.70. The summed E-state index contributed by atoms with van der Waals surface area (Å²) in [5.74, 6) is -1.47. The maximum Gasteiger partial charge on any atom is 0.337 e. The first-order valence-corrected chi connectivity index (χ1v) is 6.85. The van der Waals surface area contributed by atoms with Crippen molar-refractivity contribution in [1.82, 2.24) is 4.98 Å². The SMILES string of the molecule is Cc1ncc(C(=O)Nc2c(Br)cccc2C(=O)O)s1. The van der Waals surface area contributed by atoms with E-state index in [1.807, 2.05) is 0 Å². The molecule has 0 spiro atoms. The lowest BCUT2D eigenvalue weighted by Gasteiger charge is -2.09. The third kappa shape index (κ3) is 2.99. The average Bonchev–Trinajstić information content (AvgIpc) is 2.78. The van der Waals surface area contributed by atoms with Crippen molar-refractivity contribution in [2.75, 3.05) is 5.32 Å². The van der Waals surface area contributed by atoms with Gasteiger partial charge in [-0.1, -0.05) is 6.07 Å². The fraction of sp³-hybridized carbons (Fsp3) is 0.0833. The van der Waals surface area contributed by atoms with Gasteiger partial charge in [0.05, 0.1) is 22.5 Å². The highest BCUT2D eigenvalue weighted by Crippen LogP contribution is 2.27. The Morgan fingerprint density at radius 2 is 2.16 bits per heavy atom. The monoisotopic (exact) mass is 340 g/mol. The van der Waals surface area contributed by atoms with Crippen LogP contribution >= 0.6 is 27.3 Å². The van der Waals surface area contributed by atoms with E-state index in [0.717, 1.165) is 5.01 Å².